The molecule has 2 aromatic rings. The van der Waals surface area contributed by atoms with Crippen molar-refractivity contribution in [3.63, 3.8) is 0 Å². The molecule has 0 amide bonds. The van der Waals surface area contributed by atoms with E-state index in [1.165, 1.54) is 58.0 Å². The fourth-order valence-corrected chi connectivity index (χ4v) is 4.97. The van der Waals surface area contributed by atoms with Gasteiger partial charge in [0.2, 0.25) is 0 Å². The van der Waals surface area contributed by atoms with Gasteiger partial charge in [0.15, 0.2) is 0 Å². The Bertz CT molecular complexity index is 719. The van der Waals surface area contributed by atoms with Crippen LogP contribution in [0.5, 0.6) is 5.75 Å². The molecule has 0 radical (unpaired) electrons. The normalized spacial score (nSPS) is 28.3. The van der Waals surface area contributed by atoms with Gasteiger partial charge in [-0.2, -0.15) is 0 Å². The van der Waals surface area contributed by atoms with E-state index in [2.05, 4.69) is 30.0 Å². The minimum Gasteiger partial charge on any atom is -0.489 e. The van der Waals surface area contributed by atoms with E-state index in [1.807, 2.05) is 7.11 Å². The maximum absolute atomic E-state index is 6.38. The largest absolute Gasteiger partial charge is 0.489 e. The van der Waals surface area contributed by atoms with Crippen LogP contribution in [-0.4, -0.2) is 43.3 Å². The number of benzene rings is 1. The van der Waals surface area contributed by atoms with Gasteiger partial charge in [-0.05, 0) is 76.1 Å². The van der Waals surface area contributed by atoms with Gasteiger partial charge in [-0.25, -0.2) is 0 Å². The highest BCUT2D eigenvalue weighted by Gasteiger charge is 2.31. The van der Waals surface area contributed by atoms with Crippen molar-refractivity contribution in [1.82, 2.24) is 4.90 Å². The van der Waals surface area contributed by atoms with E-state index < -0.39 is 0 Å². The average molecular weight is 372 g/mol. The third-order valence-corrected chi connectivity index (χ3v) is 6.60. The van der Waals surface area contributed by atoms with Gasteiger partial charge in [0.25, 0.3) is 0 Å². The predicted octanol–water partition coefficient (Wildman–Crippen LogP) is 5.26. The lowest BCUT2D eigenvalue weighted by molar-refractivity contribution is 0.0176. The molecule has 2 unspecified atom stereocenters. The Hall–Kier alpha value is -1.52. The second kappa shape index (κ2) is 8.66. The molecule has 0 N–H and O–H groups in total. The van der Waals surface area contributed by atoms with E-state index in [0.717, 1.165) is 22.4 Å². The third kappa shape index (κ3) is 4.49. The number of methoxy groups -OCH3 is 1. The second-order valence-corrected chi connectivity index (χ2v) is 8.42. The molecule has 27 heavy (non-hydrogen) atoms. The highest BCUT2D eigenvalue weighted by Crippen LogP contribution is 2.31. The first-order valence-electron chi connectivity index (χ1n) is 10.6. The molecular weight excluding hydrogens is 338 g/mol. The molecule has 1 saturated carbocycles. The number of fused-ring (bicyclic) bond motifs is 1. The smallest absolute Gasteiger partial charge is 0.120 e. The van der Waals surface area contributed by atoms with Crippen LogP contribution in [0.3, 0.4) is 0 Å². The topological polar surface area (TPSA) is 34.8 Å². The number of likely N-dealkylation sites (tertiary alicyclic amines) is 1. The first-order chi connectivity index (χ1) is 13.2. The molecule has 1 saturated heterocycles. The Morgan fingerprint density at radius 2 is 1.89 bits per heavy atom. The van der Waals surface area contributed by atoms with Crippen LogP contribution in [0.15, 0.2) is 35.1 Å². The fourth-order valence-electron chi connectivity index (χ4n) is 4.97. The molecule has 1 aromatic carbocycles. The van der Waals surface area contributed by atoms with Crippen LogP contribution in [-0.2, 0) is 4.74 Å². The number of piperidine rings is 1. The number of nitrogens with zero attached hydrogens (tertiary/aromatic N) is 1. The molecule has 148 valence electrons. The van der Waals surface area contributed by atoms with Crippen LogP contribution >= 0.6 is 0 Å². The predicted molar refractivity (Wildman–Crippen MR) is 108 cm³/mol. The van der Waals surface area contributed by atoms with Crippen molar-refractivity contribution in [3.05, 3.63) is 30.7 Å². The van der Waals surface area contributed by atoms with Gasteiger partial charge in [-0.15, -0.1) is 0 Å². The Labute approximate surface area is 162 Å². The van der Waals surface area contributed by atoms with Gasteiger partial charge >= 0.3 is 0 Å². The summed E-state index contributed by atoms with van der Waals surface area (Å²) in [5.74, 6) is 1.76. The molecule has 2 aliphatic rings. The van der Waals surface area contributed by atoms with Crippen molar-refractivity contribution in [3.8, 4) is 5.75 Å². The summed E-state index contributed by atoms with van der Waals surface area (Å²) in [7, 11) is 1.85. The SMILES string of the molecule is COC1CCC(CN2CCCCC2C(C)Oc2ccc3cocc3c2)CC1. The summed E-state index contributed by atoms with van der Waals surface area (Å²) in [6.07, 6.45) is 13.2. The molecule has 1 aliphatic carbocycles. The standard InChI is InChI=1S/C23H33NO3/c1-17(27-22-11-8-19-15-26-16-20(19)13-22)23-5-3-4-12-24(23)14-18-6-9-21(25-2)10-7-18/h8,11,13,15-18,21,23H,3-7,9-10,12,14H2,1-2H3. The Kier molecular flexibility index (Phi) is 6.04. The molecule has 2 heterocycles. The molecule has 0 spiro atoms. The van der Waals surface area contributed by atoms with E-state index in [1.54, 1.807) is 12.5 Å². The minimum atomic E-state index is 0.199. The van der Waals surface area contributed by atoms with Gasteiger partial charge in [0.05, 0.1) is 18.6 Å². The Morgan fingerprint density at radius 1 is 1.07 bits per heavy atom. The Morgan fingerprint density at radius 3 is 2.70 bits per heavy atom. The maximum atomic E-state index is 6.38. The fraction of sp³-hybridized carbons (Fsp3) is 0.652. The summed E-state index contributed by atoms with van der Waals surface area (Å²) in [4.78, 5) is 2.71. The first kappa shape index (κ1) is 18.8. The van der Waals surface area contributed by atoms with Crippen molar-refractivity contribution in [2.45, 2.75) is 70.1 Å². The lowest BCUT2D eigenvalue weighted by Crippen LogP contribution is -2.49. The van der Waals surface area contributed by atoms with Crippen molar-refractivity contribution in [2.75, 3.05) is 20.2 Å². The van der Waals surface area contributed by atoms with E-state index >= 15 is 0 Å². The van der Waals surface area contributed by atoms with Crippen molar-refractivity contribution < 1.29 is 13.9 Å². The number of rotatable bonds is 6. The number of ether oxygens (including phenoxy) is 2. The summed E-state index contributed by atoms with van der Waals surface area (Å²) >= 11 is 0. The monoisotopic (exact) mass is 371 g/mol. The van der Waals surface area contributed by atoms with E-state index in [-0.39, 0.29) is 6.10 Å². The van der Waals surface area contributed by atoms with Crippen LogP contribution in [0.25, 0.3) is 10.8 Å². The molecule has 2 fully saturated rings. The van der Waals surface area contributed by atoms with Gasteiger partial charge in [0, 0.05) is 30.5 Å². The maximum Gasteiger partial charge on any atom is 0.120 e. The Balaban J connectivity index is 1.37. The quantitative estimate of drug-likeness (QED) is 0.694. The first-order valence-corrected chi connectivity index (χ1v) is 10.6. The van der Waals surface area contributed by atoms with Crippen LogP contribution in [0, 0.1) is 5.92 Å². The van der Waals surface area contributed by atoms with Gasteiger partial charge in [0.1, 0.15) is 11.9 Å². The zero-order valence-corrected chi connectivity index (χ0v) is 16.7. The number of furan rings is 1. The molecule has 1 aliphatic heterocycles. The van der Waals surface area contributed by atoms with Crippen LogP contribution in [0.2, 0.25) is 0 Å². The molecule has 2 atom stereocenters. The summed E-state index contributed by atoms with van der Waals surface area (Å²) < 4.78 is 17.2. The molecule has 1 aromatic heterocycles. The summed E-state index contributed by atoms with van der Waals surface area (Å²) in [5, 5.41) is 2.23. The van der Waals surface area contributed by atoms with Gasteiger partial charge in [-0.3, -0.25) is 4.90 Å². The van der Waals surface area contributed by atoms with E-state index in [9.17, 15) is 0 Å². The molecular formula is C23H33NO3. The van der Waals surface area contributed by atoms with Crippen molar-refractivity contribution >= 4 is 10.8 Å². The summed E-state index contributed by atoms with van der Waals surface area (Å²) in [6.45, 7) is 4.67. The lowest BCUT2D eigenvalue weighted by atomic mass is 9.85. The third-order valence-electron chi connectivity index (χ3n) is 6.60. The highest BCUT2D eigenvalue weighted by molar-refractivity contribution is 5.82. The van der Waals surface area contributed by atoms with Gasteiger partial charge < -0.3 is 13.9 Å². The zero-order chi connectivity index (χ0) is 18.6. The lowest BCUT2D eigenvalue weighted by Gasteiger charge is -2.41. The van der Waals surface area contributed by atoms with Crippen molar-refractivity contribution in [2.24, 2.45) is 5.92 Å². The average Bonchev–Trinajstić information content (AvgIpc) is 3.17. The number of hydrogen-bond acceptors (Lipinski definition) is 4. The summed E-state index contributed by atoms with van der Waals surface area (Å²) in [5.41, 5.74) is 0. The van der Waals surface area contributed by atoms with E-state index in [4.69, 9.17) is 13.9 Å². The van der Waals surface area contributed by atoms with E-state index in [0.29, 0.717) is 12.1 Å². The second-order valence-electron chi connectivity index (χ2n) is 8.42. The molecule has 0 bridgehead atoms. The van der Waals surface area contributed by atoms with Gasteiger partial charge in [-0.1, -0.05) is 6.42 Å². The highest BCUT2D eigenvalue weighted by atomic mass is 16.5. The van der Waals surface area contributed by atoms with Crippen LogP contribution in [0.1, 0.15) is 51.9 Å². The number of hydrogen-bond donors (Lipinski definition) is 0. The molecule has 4 heteroatoms. The molecule has 4 nitrogen and oxygen atoms in total. The van der Waals surface area contributed by atoms with Crippen molar-refractivity contribution in [1.29, 1.82) is 0 Å². The minimum absolute atomic E-state index is 0.199. The zero-order valence-electron chi connectivity index (χ0n) is 16.7. The van der Waals surface area contributed by atoms with Crippen LogP contribution < -0.4 is 4.74 Å². The molecule has 4 rings (SSSR count). The summed E-state index contributed by atoms with van der Waals surface area (Å²) in [6, 6.07) is 6.74. The van der Waals surface area contributed by atoms with Crippen LogP contribution in [0.4, 0.5) is 0 Å².